The summed E-state index contributed by atoms with van der Waals surface area (Å²) in [5, 5.41) is 13.1. The number of carbonyl (C=O) groups is 1. The Morgan fingerprint density at radius 2 is 2.00 bits per heavy atom. The lowest BCUT2D eigenvalue weighted by Gasteiger charge is -2.28. The highest BCUT2D eigenvalue weighted by Gasteiger charge is 2.19. The third-order valence-electron chi connectivity index (χ3n) is 3.82. The monoisotopic (exact) mass is 272 g/mol. The Morgan fingerprint density at radius 3 is 2.58 bits per heavy atom. The van der Waals surface area contributed by atoms with Crippen LogP contribution in [0, 0.1) is 5.92 Å². The number of carbonyl (C=O) groups excluding carboxylic acids is 1. The highest BCUT2D eigenvalue weighted by molar-refractivity contribution is 5.76. The van der Waals surface area contributed by atoms with Gasteiger partial charge in [0.15, 0.2) is 0 Å². The molecule has 1 aliphatic heterocycles. The molecule has 19 heavy (non-hydrogen) atoms. The van der Waals surface area contributed by atoms with Crippen LogP contribution in [0.25, 0.3) is 0 Å². The van der Waals surface area contributed by atoms with Crippen LogP contribution in [-0.2, 0) is 9.53 Å². The van der Waals surface area contributed by atoms with Crippen LogP contribution in [0.1, 0.15) is 33.6 Å². The van der Waals surface area contributed by atoms with Gasteiger partial charge >= 0.3 is 0 Å². The van der Waals surface area contributed by atoms with Gasteiger partial charge in [0.1, 0.15) is 0 Å². The minimum Gasteiger partial charge on any atom is -0.392 e. The van der Waals surface area contributed by atoms with E-state index in [1.54, 1.807) is 0 Å². The molecule has 1 fully saturated rings. The molecule has 5 heteroatoms. The van der Waals surface area contributed by atoms with E-state index in [1.165, 1.54) is 0 Å². The maximum absolute atomic E-state index is 12.0. The van der Waals surface area contributed by atoms with E-state index in [9.17, 15) is 9.90 Å². The van der Waals surface area contributed by atoms with Gasteiger partial charge in [0.25, 0.3) is 0 Å². The summed E-state index contributed by atoms with van der Waals surface area (Å²) >= 11 is 0. The summed E-state index contributed by atoms with van der Waals surface area (Å²) in [5.74, 6) is 0.455. The van der Waals surface area contributed by atoms with Crippen LogP contribution >= 0.6 is 0 Å². The number of hydrogen-bond donors (Lipinski definition) is 2. The number of rotatable bonds is 7. The molecule has 0 radical (unpaired) electrons. The second kappa shape index (κ2) is 8.51. The maximum Gasteiger partial charge on any atom is 0.224 e. The van der Waals surface area contributed by atoms with Gasteiger partial charge in [0.05, 0.1) is 19.3 Å². The van der Waals surface area contributed by atoms with Crippen LogP contribution < -0.4 is 5.32 Å². The number of aliphatic hydroxyl groups is 1. The molecule has 5 nitrogen and oxygen atoms in total. The molecule has 0 bridgehead atoms. The standard InChI is InChI=1S/C14H28N2O3/c1-4-11(2)13(17)10-15-12(3)9-14(18)16-5-7-19-8-6-16/h11-13,15,17H,4-10H2,1-3H3. The molecule has 0 spiro atoms. The number of hydrogen-bond acceptors (Lipinski definition) is 4. The summed E-state index contributed by atoms with van der Waals surface area (Å²) in [6.07, 6.45) is 1.10. The van der Waals surface area contributed by atoms with Crippen molar-refractivity contribution in [3.63, 3.8) is 0 Å². The second-order valence-electron chi connectivity index (χ2n) is 5.46. The SMILES string of the molecule is CCC(C)C(O)CNC(C)CC(=O)N1CCOCC1. The van der Waals surface area contributed by atoms with Gasteiger partial charge in [-0.15, -0.1) is 0 Å². The number of nitrogens with zero attached hydrogens (tertiary/aromatic N) is 1. The van der Waals surface area contributed by atoms with E-state index in [-0.39, 0.29) is 24.0 Å². The summed E-state index contributed by atoms with van der Waals surface area (Å²) in [7, 11) is 0. The van der Waals surface area contributed by atoms with Crippen LogP contribution in [0.4, 0.5) is 0 Å². The van der Waals surface area contributed by atoms with Crippen LogP contribution in [-0.4, -0.2) is 60.9 Å². The lowest BCUT2D eigenvalue weighted by Crippen LogP contribution is -2.44. The van der Waals surface area contributed by atoms with Crippen LogP contribution in [0.15, 0.2) is 0 Å². The Labute approximate surface area is 116 Å². The second-order valence-corrected chi connectivity index (χ2v) is 5.46. The normalized spacial score (nSPS) is 20.9. The van der Waals surface area contributed by atoms with Crippen molar-refractivity contribution in [1.29, 1.82) is 0 Å². The van der Waals surface area contributed by atoms with Crippen molar-refractivity contribution in [2.24, 2.45) is 5.92 Å². The highest BCUT2D eigenvalue weighted by atomic mass is 16.5. The van der Waals surface area contributed by atoms with Crippen molar-refractivity contribution in [3.8, 4) is 0 Å². The predicted molar refractivity (Wildman–Crippen MR) is 74.9 cm³/mol. The van der Waals surface area contributed by atoms with E-state index >= 15 is 0 Å². The Hall–Kier alpha value is -0.650. The van der Waals surface area contributed by atoms with Crippen molar-refractivity contribution in [3.05, 3.63) is 0 Å². The number of morpholine rings is 1. The summed E-state index contributed by atoms with van der Waals surface area (Å²) in [6.45, 7) is 9.31. The van der Waals surface area contributed by atoms with Gasteiger partial charge in [-0.1, -0.05) is 20.3 Å². The van der Waals surface area contributed by atoms with E-state index in [0.717, 1.165) is 6.42 Å². The lowest BCUT2D eigenvalue weighted by atomic mass is 10.0. The molecule has 0 saturated carbocycles. The van der Waals surface area contributed by atoms with Gasteiger partial charge in [-0.2, -0.15) is 0 Å². The summed E-state index contributed by atoms with van der Waals surface area (Å²) in [6, 6.07) is 0.0917. The zero-order chi connectivity index (χ0) is 14.3. The minimum atomic E-state index is -0.342. The fraction of sp³-hybridized carbons (Fsp3) is 0.929. The van der Waals surface area contributed by atoms with Crippen molar-refractivity contribution in [2.45, 2.75) is 45.8 Å². The Bertz CT molecular complexity index is 267. The average Bonchev–Trinajstić information content (AvgIpc) is 2.44. The summed E-state index contributed by atoms with van der Waals surface area (Å²) in [5.41, 5.74) is 0. The molecular formula is C14H28N2O3. The highest BCUT2D eigenvalue weighted by Crippen LogP contribution is 2.07. The molecule has 1 saturated heterocycles. The smallest absolute Gasteiger partial charge is 0.224 e. The van der Waals surface area contributed by atoms with Gasteiger partial charge < -0.3 is 20.1 Å². The molecule has 0 aromatic rings. The van der Waals surface area contributed by atoms with E-state index < -0.39 is 0 Å². The van der Waals surface area contributed by atoms with Gasteiger partial charge in [-0.05, 0) is 12.8 Å². The molecule has 1 heterocycles. The number of nitrogens with one attached hydrogen (secondary N) is 1. The first-order valence-electron chi connectivity index (χ1n) is 7.31. The molecule has 1 amide bonds. The van der Waals surface area contributed by atoms with Crippen molar-refractivity contribution in [1.82, 2.24) is 10.2 Å². The zero-order valence-electron chi connectivity index (χ0n) is 12.4. The number of aliphatic hydroxyl groups excluding tert-OH is 1. The number of amides is 1. The lowest BCUT2D eigenvalue weighted by molar-refractivity contribution is -0.135. The third kappa shape index (κ3) is 5.89. The molecule has 3 unspecified atom stereocenters. The third-order valence-corrected chi connectivity index (χ3v) is 3.82. The first kappa shape index (κ1) is 16.4. The quantitative estimate of drug-likeness (QED) is 0.713. The van der Waals surface area contributed by atoms with Crippen LogP contribution in [0.2, 0.25) is 0 Å². The summed E-state index contributed by atoms with van der Waals surface area (Å²) in [4.78, 5) is 13.9. The molecule has 1 rings (SSSR count). The topological polar surface area (TPSA) is 61.8 Å². The van der Waals surface area contributed by atoms with Gasteiger partial charge in [-0.3, -0.25) is 4.79 Å². The first-order valence-corrected chi connectivity index (χ1v) is 7.31. The van der Waals surface area contributed by atoms with E-state index in [4.69, 9.17) is 4.74 Å². The van der Waals surface area contributed by atoms with Gasteiger partial charge in [0, 0.05) is 32.1 Å². The molecule has 1 aliphatic rings. The first-order chi connectivity index (χ1) is 9.04. The fourth-order valence-electron chi connectivity index (χ4n) is 2.07. The zero-order valence-corrected chi connectivity index (χ0v) is 12.4. The average molecular weight is 272 g/mol. The maximum atomic E-state index is 12.0. The minimum absolute atomic E-state index is 0.0917. The van der Waals surface area contributed by atoms with E-state index in [0.29, 0.717) is 39.3 Å². The molecule has 0 aromatic carbocycles. The molecule has 112 valence electrons. The largest absolute Gasteiger partial charge is 0.392 e. The molecule has 0 aromatic heterocycles. The van der Waals surface area contributed by atoms with E-state index in [1.807, 2.05) is 18.7 Å². The van der Waals surface area contributed by atoms with Crippen molar-refractivity contribution < 1.29 is 14.6 Å². The molecular weight excluding hydrogens is 244 g/mol. The van der Waals surface area contributed by atoms with Crippen LogP contribution in [0.5, 0.6) is 0 Å². The van der Waals surface area contributed by atoms with Crippen LogP contribution in [0.3, 0.4) is 0 Å². The van der Waals surface area contributed by atoms with E-state index in [2.05, 4.69) is 12.2 Å². The Balaban J connectivity index is 2.22. The molecule has 0 aliphatic carbocycles. The van der Waals surface area contributed by atoms with Crippen molar-refractivity contribution >= 4 is 5.91 Å². The number of ether oxygens (including phenoxy) is 1. The summed E-state index contributed by atoms with van der Waals surface area (Å²) < 4.78 is 5.23. The van der Waals surface area contributed by atoms with Gasteiger partial charge in [0.2, 0.25) is 5.91 Å². The fourth-order valence-corrected chi connectivity index (χ4v) is 2.07. The Kier molecular flexibility index (Phi) is 7.34. The van der Waals surface area contributed by atoms with Crippen molar-refractivity contribution in [2.75, 3.05) is 32.8 Å². The predicted octanol–water partition coefficient (Wildman–Crippen LogP) is 0.620. The Morgan fingerprint density at radius 1 is 1.37 bits per heavy atom. The molecule has 3 atom stereocenters. The molecule has 2 N–H and O–H groups in total. The van der Waals surface area contributed by atoms with Gasteiger partial charge in [-0.25, -0.2) is 0 Å².